The fraction of sp³-hybridized carbons (Fsp3) is 0.217. The molecule has 3 aromatic rings. The molecule has 1 aliphatic heterocycles. The van der Waals surface area contributed by atoms with E-state index in [2.05, 4.69) is 11.6 Å². The van der Waals surface area contributed by atoms with Crippen LogP contribution in [0.4, 0.5) is 26.3 Å². The minimum absolute atomic E-state index is 0.00205. The van der Waals surface area contributed by atoms with Crippen LogP contribution in [0, 0.1) is 5.82 Å². The van der Waals surface area contributed by atoms with Gasteiger partial charge in [-0.3, -0.25) is 4.79 Å². The molecular weight excluding hydrogens is 484 g/mol. The van der Waals surface area contributed by atoms with E-state index in [1.165, 1.54) is 27.7 Å². The van der Waals surface area contributed by atoms with Gasteiger partial charge >= 0.3 is 12.1 Å². The number of nitrogens with zero attached hydrogens (tertiary/aromatic N) is 3. The average molecular weight is 500 g/mol. The molecule has 178 valence electrons. The molecule has 1 aliphatic rings. The normalized spacial score (nSPS) is 14.1. The van der Waals surface area contributed by atoms with Gasteiger partial charge in [-0.1, -0.05) is 24.2 Å². The molecule has 0 radical (unpaired) electrons. The van der Waals surface area contributed by atoms with Gasteiger partial charge in [0.2, 0.25) is 0 Å². The quantitative estimate of drug-likeness (QED) is 0.312. The molecule has 0 spiro atoms. The monoisotopic (exact) mass is 499 g/mol. The van der Waals surface area contributed by atoms with E-state index < -0.39 is 40.1 Å². The van der Waals surface area contributed by atoms with E-state index in [4.69, 9.17) is 11.6 Å². The van der Waals surface area contributed by atoms with Crippen molar-refractivity contribution < 1.29 is 31.1 Å². The number of benzene rings is 2. The number of halogens is 7. The average Bonchev–Trinajstić information content (AvgIpc) is 3.18. The predicted molar refractivity (Wildman–Crippen MR) is 113 cm³/mol. The lowest BCUT2D eigenvalue weighted by molar-refractivity contribution is -0.137. The molecule has 0 bridgehead atoms. The first-order valence-corrected chi connectivity index (χ1v) is 10.3. The smallest absolute Gasteiger partial charge is 0.329 e. The third kappa shape index (κ3) is 4.18. The van der Waals surface area contributed by atoms with Gasteiger partial charge in [0.05, 0.1) is 28.4 Å². The summed E-state index contributed by atoms with van der Waals surface area (Å²) in [5.74, 6) is -4.76. The van der Waals surface area contributed by atoms with Crippen LogP contribution in [0.5, 0.6) is 0 Å². The number of amides is 1. The third-order valence-electron chi connectivity index (χ3n) is 5.48. The van der Waals surface area contributed by atoms with Crippen LogP contribution in [-0.4, -0.2) is 26.9 Å². The molecule has 0 saturated heterocycles. The zero-order valence-corrected chi connectivity index (χ0v) is 18.1. The van der Waals surface area contributed by atoms with Crippen LogP contribution in [0.3, 0.4) is 0 Å². The molecule has 2 heterocycles. The van der Waals surface area contributed by atoms with Crippen molar-refractivity contribution in [2.24, 2.45) is 0 Å². The Morgan fingerprint density at radius 2 is 1.74 bits per heavy atom. The molecule has 0 saturated carbocycles. The van der Waals surface area contributed by atoms with Gasteiger partial charge in [0.25, 0.3) is 5.91 Å². The molecule has 4 rings (SSSR count). The Balaban J connectivity index is 1.74. The van der Waals surface area contributed by atoms with Gasteiger partial charge in [-0.25, -0.2) is 9.37 Å². The molecule has 2 aromatic carbocycles. The number of fused-ring (bicyclic) bond motifs is 1. The largest absolute Gasteiger partial charge is 0.417 e. The molecule has 0 unspecified atom stereocenters. The highest BCUT2D eigenvalue weighted by Crippen LogP contribution is 2.39. The number of alkyl halides is 5. The molecule has 1 aromatic heterocycles. The second kappa shape index (κ2) is 8.50. The highest BCUT2D eigenvalue weighted by molar-refractivity contribution is 6.34. The summed E-state index contributed by atoms with van der Waals surface area (Å²) in [6.07, 6.45) is -4.32. The van der Waals surface area contributed by atoms with Gasteiger partial charge in [-0.15, -0.1) is 0 Å². The second-order valence-electron chi connectivity index (χ2n) is 7.60. The van der Waals surface area contributed by atoms with Gasteiger partial charge < -0.3 is 9.47 Å². The Morgan fingerprint density at radius 3 is 2.35 bits per heavy atom. The van der Waals surface area contributed by atoms with Gasteiger partial charge in [-0.05, 0) is 42.5 Å². The highest BCUT2D eigenvalue weighted by Gasteiger charge is 2.39. The fourth-order valence-corrected chi connectivity index (χ4v) is 4.13. The minimum atomic E-state index is -4.75. The SMILES string of the molecule is C=CC(F)(F)c1nc2n(c1-c1ccc(F)cc1)CCN(C(=O)c1cccc(C(F)(F)F)c1Cl)C2. The van der Waals surface area contributed by atoms with Crippen LogP contribution in [0.1, 0.15) is 27.4 Å². The van der Waals surface area contributed by atoms with E-state index in [0.29, 0.717) is 6.08 Å². The van der Waals surface area contributed by atoms with E-state index in [9.17, 15) is 31.1 Å². The Labute approximate surface area is 195 Å². The van der Waals surface area contributed by atoms with E-state index in [1.54, 1.807) is 0 Å². The van der Waals surface area contributed by atoms with Gasteiger partial charge in [0, 0.05) is 18.7 Å². The number of carbonyl (C=O) groups excluding carboxylic acids is 1. The Hall–Kier alpha value is -3.27. The zero-order chi connectivity index (χ0) is 24.8. The van der Waals surface area contributed by atoms with Crippen molar-refractivity contribution in [1.29, 1.82) is 0 Å². The lowest BCUT2D eigenvalue weighted by Gasteiger charge is -2.29. The van der Waals surface area contributed by atoms with Crippen LogP contribution < -0.4 is 0 Å². The van der Waals surface area contributed by atoms with Crippen molar-refractivity contribution in [3.8, 4) is 11.3 Å². The summed E-state index contributed by atoms with van der Waals surface area (Å²) < 4.78 is 83.7. The molecule has 4 nitrogen and oxygen atoms in total. The van der Waals surface area contributed by atoms with Crippen molar-refractivity contribution in [2.45, 2.75) is 25.2 Å². The standard InChI is InChI=1S/C23H16ClF6N3O/c1-2-22(26,27)20-19(13-6-8-14(25)9-7-13)33-11-10-32(12-17(33)31-20)21(34)15-4-3-5-16(18(15)24)23(28,29)30/h2-9H,1,10-12H2. The summed E-state index contributed by atoms with van der Waals surface area (Å²) >= 11 is 5.88. The number of aromatic nitrogens is 2. The molecule has 34 heavy (non-hydrogen) atoms. The maximum atomic E-state index is 14.7. The fourth-order valence-electron chi connectivity index (χ4n) is 3.82. The molecule has 0 aliphatic carbocycles. The summed E-state index contributed by atoms with van der Waals surface area (Å²) in [5, 5.41) is -0.736. The lowest BCUT2D eigenvalue weighted by Crippen LogP contribution is -2.38. The maximum absolute atomic E-state index is 14.7. The van der Waals surface area contributed by atoms with Crippen molar-refractivity contribution in [3.63, 3.8) is 0 Å². The maximum Gasteiger partial charge on any atom is 0.417 e. The van der Waals surface area contributed by atoms with Crippen molar-refractivity contribution >= 4 is 17.5 Å². The van der Waals surface area contributed by atoms with Gasteiger partial charge in [0.1, 0.15) is 17.3 Å². The van der Waals surface area contributed by atoms with Crippen LogP contribution in [0.2, 0.25) is 5.02 Å². The lowest BCUT2D eigenvalue weighted by atomic mass is 10.1. The summed E-state index contributed by atoms with van der Waals surface area (Å²) in [4.78, 5) is 18.2. The predicted octanol–water partition coefficient (Wildman–Crippen LogP) is 6.30. The first-order valence-electron chi connectivity index (χ1n) is 9.96. The first-order chi connectivity index (χ1) is 15.9. The van der Waals surface area contributed by atoms with Gasteiger partial charge in [-0.2, -0.15) is 22.0 Å². The first kappa shape index (κ1) is 23.9. The highest BCUT2D eigenvalue weighted by atomic mass is 35.5. The number of hydrogen-bond donors (Lipinski definition) is 0. The molecule has 0 fully saturated rings. The topological polar surface area (TPSA) is 38.1 Å². The van der Waals surface area contributed by atoms with E-state index in [1.807, 2.05) is 0 Å². The summed E-state index contributed by atoms with van der Waals surface area (Å²) in [7, 11) is 0. The van der Waals surface area contributed by atoms with Crippen LogP contribution in [0.25, 0.3) is 11.3 Å². The van der Waals surface area contributed by atoms with Gasteiger partial charge in [0.15, 0.2) is 0 Å². The second-order valence-corrected chi connectivity index (χ2v) is 7.98. The van der Waals surface area contributed by atoms with Crippen LogP contribution in [-0.2, 0) is 25.2 Å². The number of imidazole rings is 1. The molecule has 1 amide bonds. The minimum Gasteiger partial charge on any atom is -0.329 e. The third-order valence-corrected chi connectivity index (χ3v) is 5.89. The van der Waals surface area contributed by atoms with E-state index in [0.717, 1.165) is 24.3 Å². The number of hydrogen-bond acceptors (Lipinski definition) is 2. The Bertz CT molecular complexity index is 1270. The van der Waals surface area contributed by atoms with Crippen molar-refractivity contribution in [1.82, 2.24) is 14.5 Å². The summed E-state index contributed by atoms with van der Waals surface area (Å²) in [5.41, 5.74) is -1.78. The Morgan fingerprint density at radius 1 is 1.06 bits per heavy atom. The number of carbonyl (C=O) groups is 1. The van der Waals surface area contributed by atoms with Crippen LogP contribution >= 0.6 is 11.6 Å². The summed E-state index contributed by atoms with van der Waals surface area (Å²) in [6, 6.07) is 7.92. The molecule has 11 heteroatoms. The van der Waals surface area contributed by atoms with Crippen LogP contribution in [0.15, 0.2) is 55.1 Å². The van der Waals surface area contributed by atoms with Crippen molar-refractivity contribution in [2.75, 3.05) is 6.54 Å². The number of allylic oxidation sites excluding steroid dienone is 1. The zero-order valence-electron chi connectivity index (χ0n) is 17.3. The number of rotatable bonds is 4. The van der Waals surface area contributed by atoms with Crippen molar-refractivity contribution in [3.05, 3.63) is 88.6 Å². The molecule has 0 atom stereocenters. The molecular formula is C23H16ClF6N3O. The summed E-state index contributed by atoms with van der Waals surface area (Å²) in [6.45, 7) is 2.95. The Kier molecular flexibility index (Phi) is 5.97. The van der Waals surface area contributed by atoms with E-state index >= 15 is 0 Å². The molecule has 0 N–H and O–H groups in total. The van der Waals surface area contributed by atoms with E-state index in [-0.39, 0.29) is 42.3 Å².